The minimum absolute atomic E-state index is 0.0804. The van der Waals surface area contributed by atoms with Crippen LogP contribution in [0.4, 0.5) is 11.4 Å². The molecule has 0 saturated heterocycles. The number of nitrogens with one attached hydrogen (secondary N) is 1. The first-order chi connectivity index (χ1) is 11.1. The zero-order chi connectivity index (χ0) is 16.0. The van der Waals surface area contributed by atoms with Gasteiger partial charge in [0.15, 0.2) is 0 Å². The standard InChI is InChI=1S/C19H24N2O2/c1-12(22)21-7-6-15-10-17(4-5-18(15)21)20-19(23)11-16-9-13-2-3-14(16)8-13/h4-5,10,13-14,16H,2-3,6-9,11H2,1H3,(H,20,23)/t13-,14-,16-/m0/s1. The van der Waals surface area contributed by atoms with Gasteiger partial charge in [-0.3, -0.25) is 9.59 Å². The largest absolute Gasteiger partial charge is 0.326 e. The number of nitrogens with zero attached hydrogens (tertiary/aromatic N) is 1. The Kier molecular flexibility index (Phi) is 3.63. The molecule has 2 fully saturated rings. The van der Waals surface area contributed by atoms with Gasteiger partial charge in [0.25, 0.3) is 0 Å². The van der Waals surface area contributed by atoms with Gasteiger partial charge in [0.05, 0.1) is 0 Å². The van der Waals surface area contributed by atoms with Crippen LogP contribution in [0.2, 0.25) is 0 Å². The van der Waals surface area contributed by atoms with Crippen LogP contribution in [0, 0.1) is 17.8 Å². The molecule has 4 rings (SSSR count). The third-order valence-electron chi connectivity index (χ3n) is 5.97. The molecule has 2 saturated carbocycles. The van der Waals surface area contributed by atoms with E-state index in [1.165, 1.54) is 25.7 Å². The fourth-order valence-corrected chi connectivity index (χ4v) is 4.88. The number of hydrogen-bond donors (Lipinski definition) is 1. The number of amides is 2. The summed E-state index contributed by atoms with van der Waals surface area (Å²) in [5, 5.41) is 3.06. The van der Waals surface area contributed by atoms with Crippen molar-refractivity contribution in [1.29, 1.82) is 0 Å². The molecule has 3 aliphatic rings. The first-order valence-corrected chi connectivity index (χ1v) is 8.81. The molecule has 3 atom stereocenters. The summed E-state index contributed by atoms with van der Waals surface area (Å²) in [4.78, 5) is 25.7. The van der Waals surface area contributed by atoms with Gasteiger partial charge >= 0.3 is 0 Å². The van der Waals surface area contributed by atoms with Gasteiger partial charge in [-0.25, -0.2) is 0 Å². The molecule has 4 heteroatoms. The Morgan fingerprint density at radius 1 is 1.26 bits per heavy atom. The average molecular weight is 312 g/mol. The van der Waals surface area contributed by atoms with Crippen LogP contribution in [0.1, 0.15) is 44.6 Å². The predicted molar refractivity (Wildman–Crippen MR) is 90.4 cm³/mol. The minimum atomic E-state index is 0.0804. The second kappa shape index (κ2) is 5.66. The fraction of sp³-hybridized carbons (Fsp3) is 0.579. The summed E-state index contributed by atoms with van der Waals surface area (Å²) >= 11 is 0. The number of fused-ring (bicyclic) bond motifs is 3. The van der Waals surface area contributed by atoms with Crippen molar-refractivity contribution in [3.8, 4) is 0 Å². The van der Waals surface area contributed by atoms with Crippen LogP contribution < -0.4 is 10.2 Å². The molecule has 23 heavy (non-hydrogen) atoms. The lowest BCUT2D eigenvalue weighted by Gasteiger charge is -2.21. The van der Waals surface area contributed by atoms with Crippen molar-refractivity contribution < 1.29 is 9.59 Å². The smallest absolute Gasteiger partial charge is 0.224 e. The average Bonchev–Trinajstić information content (AvgIpc) is 3.20. The van der Waals surface area contributed by atoms with Crippen LogP contribution in [0.25, 0.3) is 0 Å². The molecule has 0 radical (unpaired) electrons. The second-order valence-corrected chi connectivity index (χ2v) is 7.45. The quantitative estimate of drug-likeness (QED) is 0.930. The van der Waals surface area contributed by atoms with Gasteiger partial charge in [0.1, 0.15) is 0 Å². The molecule has 0 unspecified atom stereocenters. The number of hydrogen-bond acceptors (Lipinski definition) is 2. The summed E-state index contributed by atoms with van der Waals surface area (Å²) in [5.74, 6) is 2.49. The van der Waals surface area contributed by atoms with Gasteiger partial charge in [0, 0.05) is 31.3 Å². The summed E-state index contributed by atoms with van der Waals surface area (Å²) in [5.41, 5.74) is 3.00. The van der Waals surface area contributed by atoms with E-state index in [0.29, 0.717) is 12.3 Å². The van der Waals surface area contributed by atoms with E-state index in [9.17, 15) is 9.59 Å². The van der Waals surface area contributed by atoms with Crippen LogP contribution in [0.5, 0.6) is 0 Å². The molecular weight excluding hydrogens is 288 g/mol. The third-order valence-corrected chi connectivity index (χ3v) is 5.97. The van der Waals surface area contributed by atoms with E-state index in [1.807, 2.05) is 18.2 Å². The molecule has 2 bridgehead atoms. The van der Waals surface area contributed by atoms with Crippen molar-refractivity contribution in [2.24, 2.45) is 17.8 Å². The summed E-state index contributed by atoms with van der Waals surface area (Å²) in [7, 11) is 0. The van der Waals surface area contributed by atoms with Crippen LogP contribution in [-0.4, -0.2) is 18.4 Å². The Bertz CT molecular complexity index is 655. The lowest BCUT2D eigenvalue weighted by molar-refractivity contribution is -0.117. The minimum Gasteiger partial charge on any atom is -0.326 e. The Morgan fingerprint density at radius 2 is 2.13 bits per heavy atom. The highest BCUT2D eigenvalue weighted by molar-refractivity contribution is 5.95. The van der Waals surface area contributed by atoms with Crippen molar-refractivity contribution in [2.45, 2.75) is 45.4 Å². The van der Waals surface area contributed by atoms with Gasteiger partial charge in [0.2, 0.25) is 11.8 Å². The molecule has 2 aliphatic carbocycles. The van der Waals surface area contributed by atoms with Crippen LogP contribution in [0.3, 0.4) is 0 Å². The van der Waals surface area contributed by atoms with Gasteiger partial charge < -0.3 is 10.2 Å². The lowest BCUT2D eigenvalue weighted by atomic mass is 9.86. The van der Waals surface area contributed by atoms with Crippen molar-refractivity contribution in [3.05, 3.63) is 23.8 Å². The normalized spacial score (nSPS) is 28.0. The van der Waals surface area contributed by atoms with Crippen LogP contribution in [0.15, 0.2) is 18.2 Å². The number of carbonyl (C=O) groups excluding carboxylic acids is 2. The zero-order valence-corrected chi connectivity index (χ0v) is 13.7. The van der Waals surface area contributed by atoms with E-state index >= 15 is 0 Å². The monoisotopic (exact) mass is 312 g/mol. The van der Waals surface area contributed by atoms with Crippen molar-refractivity contribution in [2.75, 3.05) is 16.8 Å². The number of rotatable bonds is 3. The molecule has 2 amide bonds. The Morgan fingerprint density at radius 3 is 2.83 bits per heavy atom. The molecule has 1 heterocycles. The highest BCUT2D eigenvalue weighted by Crippen LogP contribution is 2.49. The molecular formula is C19H24N2O2. The van der Waals surface area contributed by atoms with Crippen LogP contribution in [-0.2, 0) is 16.0 Å². The third kappa shape index (κ3) is 2.75. The summed E-state index contributed by atoms with van der Waals surface area (Å²) < 4.78 is 0. The number of anilines is 2. The molecule has 122 valence electrons. The Balaban J connectivity index is 1.39. The van der Waals surface area contributed by atoms with E-state index in [-0.39, 0.29) is 11.8 Å². The topological polar surface area (TPSA) is 49.4 Å². The highest BCUT2D eigenvalue weighted by atomic mass is 16.2. The molecule has 0 aromatic heterocycles. The summed E-state index contributed by atoms with van der Waals surface area (Å²) in [6, 6.07) is 5.90. The lowest BCUT2D eigenvalue weighted by Crippen LogP contribution is -2.25. The van der Waals surface area contributed by atoms with Gasteiger partial charge in [-0.05, 0) is 67.2 Å². The van der Waals surface area contributed by atoms with Gasteiger partial charge in [-0.1, -0.05) is 6.42 Å². The predicted octanol–water partition coefficient (Wildman–Crippen LogP) is 3.36. The molecule has 1 aliphatic heterocycles. The SMILES string of the molecule is CC(=O)N1CCc2cc(NC(=O)C[C@@H]3C[C@H]4CC[C@H]3C4)ccc21. The maximum atomic E-state index is 12.3. The second-order valence-electron chi connectivity index (χ2n) is 7.45. The van der Waals surface area contributed by atoms with E-state index in [0.717, 1.165) is 41.7 Å². The van der Waals surface area contributed by atoms with Gasteiger partial charge in [-0.2, -0.15) is 0 Å². The maximum Gasteiger partial charge on any atom is 0.224 e. The van der Waals surface area contributed by atoms with E-state index < -0.39 is 0 Å². The number of benzene rings is 1. The van der Waals surface area contributed by atoms with Crippen molar-refractivity contribution >= 4 is 23.2 Å². The number of carbonyl (C=O) groups is 2. The summed E-state index contributed by atoms with van der Waals surface area (Å²) in [6.45, 7) is 2.34. The molecule has 1 aromatic rings. The maximum absolute atomic E-state index is 12.3. The fourth-order valence-electron chi connectivity index (χ4n) is 4.88. The van der Waals surface area contributed by atoms with E-state index in [4.69, 9.17) is 0 Å². The Labute approximate surface area is 137 Å². The first-order valence-electron chi connectivity index (χ1n) is 8.81. The first kappa shape index (κ1) is 14.7. The van der Waals surface area contributed by atoms with Crippen molar-refractivity contribution in [3.63, 3.8) is 0 Å². The summed E-state index contributed by atoms with van der Waals surface area (Å²) in [6.07, 6.45) is 6.82. The van der Waals surface area contributed by atoms with Crippen molar-refractivity contribution in [1.82, 2.24) is 0 Å². The van der Waals surface area contributed by atoms with E-state index in [2.05, 4.69) is 5.32 Å². The zero-order valence-electron chi connectivity index (χ0n) is 13.7. The molecule has 1 N–H and O–H groups in total. The molecule has 1 aromatic carbocycles. The van der Waals surface area contributed by atoms with E-state index in [1.54, 1.807) is 11.8 Å². The van der Waals surface area contributed by atoms with Crippen LogP contribution >= 0.6 is 0 Å². The Hall–Kier alpha value is -1.84. The molecule has 4 nitrogen and oxygen atoms in total. The van der Waals surface area contributed by atoms with Gasteiger partial charge in [-0.15, -0.1) is 0 Å². The molecule has 0 spiro atoms. The highest BCUT2D eigenvalue weighted by Gasteiger charge is 2.40.